The van der Waals surface area contributed by atoms with Gasteiger partial charge in [0.25, 0.3) is 0 Å². The van der Waals surface area contributed by atoms with Crippen molar-refractivity contribution < 1.29 is 4.79 Å². The van der Waals surface area contributed by atoms with Crippen LogP contribution >= 0.6 is 12.6 Å². The van der Waals surface area contributed by atoms with Crippen molar-refractivity contribution in [3.63, 3.8) is 0 Å². The van der Waals surface area contributed by atoms with Crippen LogP contribution in [0.15, 0.2) is 0 Å². The summed E-state index contributed by atoms with van der Waals surface area (Å²) in [6, 6.07) is 0. The predicted molar refractivity (Wildman–Crippen MR) is 50.7 cm³/mol. The third kappa shape index (κ3) is 4.30. The standard InChI is InChI=1S/C8H17NOS/c1-6(2)5-8(11)9(4)7(3)10/h6,8,11H,5H2,1-4H3. The molecule has 0 aromatic carbocycles. The average Bonchev–Trinajstić information content (AvgIpc) is 1.84. The highest BCUT2D eigenvalue weighted by molar-refractivity contribution is 7.80. The first-order valence-electron chi connectivity index (χ1n) is 3.86. The molecule has 0 aromatic heterocycles. The molecule has 0 aliphatic rings. The Balaban J connectivity index is 3.82. The number of nitrogens with zero attached hydrogens (tertiary/aromatic N) is 1. The smallest absolute Gasteiger partial charge is 0.220 e. The summed E-state index contributed by atoms with van der Waals surface area (Å²) < 4.78 is 0. The first-order valence-corrected chi connectivity index (χ1v) is 4.38. The molecule has 1 atom stereocenters. The minimum absolute atomic E-state index is 0.0625. The molecule has 0 saturated carbocycles. The molecular weight excluding hydrogens is 158 g/mol. The normalized spacial score (nSPS) is 13.3. The van der Waals surface area contributed by atoms with Gasteiger partial charge in [0.15, 0.2) is 0 Å². The van der Waals surface area contributed by atoms with E-state index in [4.69, 9.17) is 0 Å². The summed E-state index contributed by atoms with van der Waals surface area (Å²) in [7, 11) is 1.78. The zero-order chi connectivity index (χ0) is 9.02. The maximum Gasteiger partial charge on any atom is 0.220 e. The van der Waals surface area contributed by atoms with Crippen molar-refractivity contribution in [1.29, 1.82) is 0 Å². The Labute approximate surface area is 74.4 Å². The topological polar surface area (TPSA) is 20.3 Å². The van der Waals surface area contributed by atoms with Gasteiger partial charge >= 0.3 is 0 Å². The highest BCUT2D eigenvalue weighted by Gasteiger charge is 2.13. The van der Waals surface area contributed by atoms with E-state index in [1.165, 1.54) is 0 Å². The lowest BCUT2D eigenvalue weighted by Crippen LogP contribution is -2.32. The molecule has 66 valence electrons. The summed E-state index contributed by atoms with van der Waals surface area (Å²) in [5.41, 5.74) is 0. The van der Waals surface area contributed by atoms with Crippen molar-refractivity contribution in [2.24, 2.45) is 5.92 Å². The van der Waals surface area contributed by atoms with Crippen LogP contribution in [0, 0.1) is 5.92 Å². The van der Waals surface area contributed by atoms with Gasteiger partial charge in [-0.15, -0.1) is 0 Å². The summed E-state index contributed by atoms with van der Waals surface area (Å²) in [6.45, 7) is 5.80. The van der Waals surface area contributed by atoms with Gasteiger partial charge < -0.3 is 4.90 Å². The largest absolute Gasteiger partial charge is 0.334 e. The Morgan fingerprint density at radius 3 is 2.27 bits per heavy atom. The van der Waals surface area contributed by atoms with Gasteiger partial charge in [-0.2, -0.15) is 12.6 Å². The first kappa shape index (κ1) is 10.8. The summed E-state index contributed by atoms with van der Waals surface area (Å²) in [4.78, 5) is 12.5. The van der Waals surface area contributed by atoms with Crippen LogP contribution in [0.5, 0.6) is 0 Å². The molecule has 0 bridgehead atoms. The van der Waals surface area contributed by atoms with E-state index in [0.29, 0.717) is 5.92 Å². The third-order valence-corrected chi connectivity index (χ3v) is 2.18. The lowest BCUT2D eigenvalue weighted by atomic mass is 10.1. The molecule has 0 aromatic rings. The number of rotatable bonds is 3. The van der Waals surface area contributed by atoms with Gasteiger partial charge in [-0.1, -0.05) is 13.8 Å². The molecule has 0 aliphatic heterocycles. The lowest BCUT2D eigenvalue weighted by Gasteiger charge is -2.23. The van der Waals surface area contributed by atoms with Crippen LogP contribution in [0.1, 0.15) is 27.2 Å². The molecule has 0 heterocycles. The Hall–Kier alpha value is -0.180. The molecule has 3 heteroatoms. The molecule has 0 N–H and O–H groups in total. The molecule has 11 heavy (non-hydrogen) atoms. The molecule has 2 nitrogen and oxygen atoms in total. The lowest BCUT2D eigenvalue weighted by molar-refractivity contribution is -0.128. The third-order valence-electron chi connectivity index (χ3n) is 1.63. The number of carbonyl (C=O) groups excluding carboxylic acids is 1. The minimum atomic E-state index is 0.0625. The van der Waals surface area contributed by atoms with E-state index in [1.807, 2.05) is 0 Å². The van der Waals surface area contributed by atoms with Crippen molar-refractivity contribution in [2.45, 2.75) is 32.6 Å². The zero-order valence-corrected chi connectivity index (χ0v) is 8.56. The molecule has 1 unspecified atom stereocenters. The molecular formula is C8H17NOS. The summed E-state index contributed by atoms with van der Waals surface area (Å²) in [5, 5.41) is 0.0625. The van der Waals surface area contributed by atoms with E-state index in [1.54, 1.807) is 18.9 Å². The van der Waals surface area contributed by atoms with Crippen molar-refractivity contribution in [1.82, 2.24) is 4.90 Å². The second-order valence-corrected chi connectivity index (χ2v) is 3.84. The number of thiol groups is 1. The number of hydrogen-bond acceptors (Lipinski definition) is 2. The maximum atomic E-state index is 10.8. The van der Waals surface area contributed by atoms with E-state index < -0.39 is 0 Å². The van der Waals surface area contributed by atoms with Crippen molar-refractivity contribution in [3.05, 3.63) is 0 Å². The summed E-state index contributed by atoms with van der Waals surface area (Å²) in [6.07, 6.45) is 0.944. The Kier molecular flexibility index (Phi) is 4.57. The Morgan fingerprint density at radius 2 is 2.00 bits per heavy atom. The van der Waals surface area contributed by atoms with Crippen LogP contribution < -0.4 is 0 Å². The monoisotopic (exact) mass is 175 g/mol. The van der Waals surface area contributed by atoms with Crippen molar-refractivity contribution in [2.75, 3.05) is 7.05 Å². The van der Waals surface area contributed by atoms with Crippen LogP contribution in [0.3, 0.4) is 0 Å². The predicted octanol–water partition coefficient (Wildman–Crippen LogP) is 1.77. The maximum absolute atomic E-state index is 10.8. The summed E-state index contributed by atoms with van der Waals surface area (Å²) in [5.74, 6) is 0.657. The molecule has 0 fully saturated rings. The Morgan fingerprint density at radius 1 is 1.55 bits per heavy atom. The average molecular weight is 175 g/mol. The molecule has 0 radical (unpaired) electrons. The van der Waals surface area contributed by atoms with Crippen LogP contribution in [0.2, 0.25) is 0 Å². The van der Waals surface area contributed by atoms with E-state index in [2.05, 4.69) is 26.5 Å². The molecule has 0 rings (SSSR count). The van der Waals surface area contributed by atoms with Gasteiger partial charge in [-0.05, 0) is 12.3 Å². The quantitative estimate of drug-likeness (QED) is 0.512. The molecule has 0 aliphatic carbocycles. The Bertz CT molecular complexity index is 136. The second-order valence-electron chi connectivity index (χ2n) is 3.24. The van der Waals surface area contributed by atoms with E-state index >= 15 is 0 Å². The van der Waals surface area contributed by atoms with E-state index in [9.17, 15) is 4.79 Å². The second kappa shape index (κ2) is 4.65. The number of carbonyl (C=O) groups is 1. The fourth-order valence-electron chi connectivity index (χ4n) is 0.790. The first-order chi connectivity index (χ1) is 4.95. The van der Waals surface area contributed by atoms with Gasteiger partial charge in [0, 0.05) is 14.0 Å². The molecule has 0 spiro atoms. The van der Waals surface area contributed by atoms with Crippen LogP contribution in [0.25, 0.3) is 0 Å². The zero-order valence-electron chi connectivity index (χ0n) is 7.66. The van der Waals surface area contributed by atoms with Gasteiger partial charge in [-0.25, -0.2) is 0 Å². The van der Waals surface area contributed by atoms with Gasteiger partial charge in [-0.3, -0.25) is 4.79 Å². The highest BCUT2D eigenvalue weighted by atomic mass is 32.1. The van der Waals surface area contributed by atoms with Gasteiger partial charge in [0.2, 0.25) is 5.91 Å². The van der Waals surface area contributed by atoms with Crippen LogP contribution in [0.4, 0.5) is 0 Å². The fraction of sp³-hybridized carbons (Fsp3) is 0.875. The van der Waals surface area contributed by atoms with E-state index in [-0.39, 0.29) is 11.3 Å². The van der Waals surface area contributed by atoms with Gasteiger partial charge in [0.05, 0.1) is 5.37 Å². The van der Waals surface area contributed by atoms with E-state index in [0.717, 1.165) is 6.42 Å². The van der Waals surface area contributed by atoms with Crippen molar-refractivity contribution >= 4 is 18.5 Å². The fourth-order valence-corrected chi connectivity index (χ4v) is 1.37. The van der Waals surface area contributed by atoms with Crippen molar-refractivity contribution in [3.8, 4) is 0 Å². The molecule has 0 saturated heterocycles. The highest BCUT2D eigenvalue weighted by Crippen LogP contribution is 2.12. The number of hydrogen-bond donors (Lipinski definition) is 1. The number of amides is 1. The van der Waals surface area contributed by atoms with Crippen LogP contribution in [-0.4, -0.2) is 23.2 Å². The minimum Gasteiger partial charge on any atom is -0.334 e. The summed E-state index contributed by atoms with van der Waals surface area (Å²) >= 11 is 4.31. The van der Waals surface area contributed by atoms with Crippen LogP contribution in [-0.2, 0) is 4.79 Å². The SMILES string of the molecule is CC(=O)N(C)C(S)CC(C)C. The molecule has 1 amide bonds. The van der Waals surface area contributed by atoms with Gasteiger partial charge in [0.1, 0.15) is 0 Å².